The molecule has 0 amide bonds. The Labute approximate surface area is 116 Å². The molecule has 1 heterocycles. The molecule has 0 spiro atoms. The van der Waals surface area contributed by atoms with Crippen LogP contribution in [0.4, 0.5) is 0 Å². The molecule has 96 valence electrons. The number of likely N-dealkylation sites (N-methyl/N-ethyl adjacent to an activating group) is 1. The lowest BCUT2D eigenvalue weighted by Gasteiger charge is -2.35. The lowest BCUT2D eigenvalue weighted by molar-refractivity contribution is -0.128. The van der Waals surface area contributed by atoms with Crippen molar-refractivity contribution in [1.29, 1.82) is 0 Å². The lowest BCUT2D eigenvalue weighted by atomic mass is 9.94. The molecule has 0 aliphatic carbocycles. The fourth-order valence-corrected chi connectivity index (χ4v) is 3.49. The topological polar surface area (TPSA) is 20.3 Å². The quantitative estimate of drug-likeness (QED) is 0.796. The van der Waals surface area contributed by atoms with Gasteiger partial charge in [-0.25, -0.2) is 0 Å². The van der Waals surface area contributed by atoms with Crippen molar-refractivity contribution in [3.63, 3.8) is 0 Å². The summed E-state index contributed by atoms with van der Waals surface area (Å²) in [6.45, 7) is 10.0. The minimum absolute atomic E-state index is 0.288. The molecule has 17 heavy (non-hydrogen) atoms. The Morgan fingerprint density at radius 3 is 2.35 bits per heavy atom. The van der Waals surface area contributed by atoms with E-state index in [1.54, 1.807) is 11.3 Å². The molecule has 1 aromatic heterocycles. The zero-order valence-corrected chi connectivity index (χ0v) is 13.3. The summed E-state index contributed by atoms with van der Waals surface area (Å²) in [6.07, 6.45) is 0.528. The van der Waals surface area contributed by atoms with Crippen LogP contribution in [-0.4, -0.2) is 29.3 Å². The van der Waals surface area contributed by atoms with E-state index >= 15 is 0 Å². The summed E-state index contributed by atoms with van der Waals surface area (Å²) >= 11 is 5.06. The second-order valence-corrected chi connectivity index (χ2v) is 7.08. The largest absolute Gasteiger partial charge is 0.297 e. The molecule has 0 aliphatic rings. The van der Waals surface area contributed by atoms with Gasteiger partial charge < -0.3 is 0 Å². The predicted octanol–water partition coefficient (Wildman–Crippen LogP) is 3.74. The summed E-state index contributed by atoms with van der Waals surface area (Å²) in [6, 6.07) is 4.02. The molecule has 2 nitrogen and oxygen atoms in total. The highest BCUT2D eigenvalue weighted by Crippen LogP contribution is 2.25. The van der Waals surface area contributed by atoms with Crippen molar-refractivity contribution < 1.29 is 4.79 Å². The first-order valence-corrected chi connectivity index (χ1v) is 7.55. The van der Waals surface area contributed by atoms with Crippen LogP contribution in [0.2, 0.25) is 0 Å². The average Bonchev–Trinajstić information content (AvgIpc) is 2.65. The summed E-state index contributed by atoms with van der Waals surface area (Å²) in [5.41, 5.74) is -0.375. The molecule has 0 aromatic carbocycles. The maximum absolute atomic E-state index is 12.4. The summed E-state index contributed by atoms with van der Waals surface area (Å²) in [5, 5.41) is 0. The van der Waals surface area contributed by atoms with Crippen molar-refractivity contribution in [2.45, 2.75) is 39.7 Å². The van der Waals surface area contributed by atoms with E-state index in [1.807, 2.05) is 26.0 Å². The van der Waals surface area contributed by atoms with Crippen LogP contribution >= 0.6 is 27.3 Å². The van der Waals surface area contributed by atoms with Gasteiger partial charge in [0.2, 0.25) is 0 Å². The number of thiophene rings is 1. The summed E-state index contributed by atoms with van der Waals surface area (Å²) < 4.78 is 1.08. The normalized spacial score (nSPS) is 12.1. The smallest absolute Gasteiger partial charge is 0.157 e. The van der Waals surface area contributed by atoms with Gasteiger partial charge in [0.15, 0.2) is 5.78 Å². The highest BCUT2D eigenvalue weighted by atomic mass is 79.9. The minimum atomic E-state index is -0.375. The summed E-state index contributed by atoms with van der Waals surface area (Å²) in [4.78, 5) is 15.7. The Kier molecular flexibility index (Phi) is 5.35. The third-order valence-corrected chi connectivity index (χ3v) is 4.82. The molecule has 0 radical (unpaired) electrons. The maximum atomic E-state index is 12.4. The molecule has 0 bridgehead atoms. The van der Waals surface area contributed by atoms with Gasteiger partial charge in [-0.05, 0) is 55.0 Å². The molecular formula is C13H20BrNOS. The van der Waals surface area contributed by atoms with Crippen LogP contribution in [-0.2, 0) is 11.2 Å². The van der Waals surface area contributed by atoms with Crippen molar-refractivity contribution in [2.24, 2.45) is 0 Å². The number of Topliss-reactive ketones (excluding diaryl/α,β-unsaturated/α-hetero) is 1. The number of ketones is 1. The number of nitrogens with zero attached hydrogens (tertiary/aromatic N) is 1. The molecule has 0 atom stereocenters. The van der Waals surface area contributed by atoms with Crippen LogP contribution in [0.15, 0.2) is 15.9 Å². The molecule has 1 rings (SSSR count). The maximum Gasteiger partial charge on any atom is 0.157 e. The molecule has 0 saturated heterocycles. The van der Waals surface area contributed by atoms with Gasteiger partial charge in [-0.1, -0.05) is 13.8 Å². The Bertz CT molecular complexity index is 383. The molecular weight excluding hydrogens is 298 g/mol. The van der Waals surface area contributed by atoms with E-state index in [2.05, 4.69) is 34.7 Å². The second kappa shape index (κ2) is 6.12. The van der Waals surface area contributed by atoms with Gasteiger partial charge in [0.05, 0.1) is 9.33 Å². The zero-order chi connectivity index (χ0) is 13.1. The van der Waals surface area contributed by atoms with E-state index in [0.717, 1.165) is 21.8 Å². The third-order valence-electron chi connectivity index (χ3n) is 3.20. The van der Waals surface area contributed by atoms with Crippen molar-refractivity contribution in [3.8, 4) is 0 Å². The van der Waals surface area contributed by atoms with Crippen LogP contribution in [0, 0.1) is 0 Å². The fourth-order valence-electron chi connectivity index (χ4n) is 2.01. The first-order chi connectivity index (χ1) is 7.91. The van der Waals surface area contributed by atoms with Crippen LogP contribution in [0.3, 0.4) is 0 Å². The zero-order valence-electron chi connectivity index (χ0n) is 10.9. The molecule has 0 unspecified atom stereocenters. The van der Waals surface area contributed by atoms with Crippen molar-refractivity contribution in [1.82, 2.24) is 4.90 Å². The van der Waals surface area contributed by atoms with Gasteiger partial charge >= 0.3 is 0 Å². The molecule has 0 aliphatic heterocycles. The highest BCUT2D eigenvalue weighted by Gasteiger charge is 2.32. The van der Waals surface area contributed by atoms with Crippen molar-refractivity contribution in [3.05, 3.63) is 20.8 Å². The number of carbonyl (C=O) groups excluding carboxylic acids is 1. The number of halogens is 1. The Hall–Kier alpha value is -0.190. The number of hydrogen-bond acceptors (Lipinski definition) is 3. The van der Waals surface area contributed by atoms with E-state index in [1.165, 1.54) is 0 Å². The first kappa shape index (κ1) is 14.9. The molecule has 0 saturated carbocycles. The SMILES string of the molecule is CCN(CC)C(C)(C)C(=O)Cc1ccc(Br)s1. The highest BCUT2D eigenvalue weighted by molar-refractivity contribution is 9.11. The van der Waals surface area contributed by atoms with Gasteiger partial charge in [-0.15, -0.1) is 11.3 Å². The molecule has 4 heteroatoms. The molecule has 1 aromatic rings. The Morgan fingerprint density at radius 1 is 1.35 bits per heavy atom. The molecule has 0 N–H and O–H groups in total. The van der Waals surface area contributed by atoms with E-state index in [4.69, 9.17) is 0 Å². The van der Waals surface area contributed by atoms with Gasteiger partial charge in [-0.3, -0.25) is 9.69 Å². The number of rotatable bonds is 6. The van der Waals surface area contributed by atoms with E-state index < -0.39 is 0 Å². The summed E-state index contributed by atoms with van der Waals surface area (Å²) in [7, 11) is 0. The predicted molar refractivity (Wildman–Crippen MR) is 77.7 cm³/mol. The van der Waals surface area contributed by atoms with Gasteiger partial charge in [0.25, 0.3) is 0 Å². The Balaban J connectivity index is 2.75. The van der Waals surface area contributed by atoms with Crippen LogP contribution in [0.1, 0.15) is 32.6 Å². The van der Waals surface area contributed by atoms with E-state index in [9.17, 15) is 4.79 Å². The van der Waals surface area contributed by atoms with Crippen LogP contribution < -0.4 is 0 Å². The van der Waals surface area contributed by atoms with Crippen molar-refractivity contribution >= 4 is 33.0 Å². The number of carbonyl (C=O) groups is 1. The van der Waals surface area contributed by atoms with Gasteiger partial charge in [0.1, 0.15) is 0 Å². The van der Waals surface area contributed by atoms with Crippen LogP contribution in [0.5, 0.6) is 0 Å². The van der Waals surface area contributed by atoms with Gasteiger partial charge in [0, 0.05) is 11.3 Å². The van der Waals surface area contributed by atoms with E-state index in [0.29, 0.717) is 6.42 Å². The fraction of sp³-hybridized carbons (Fsp3) is 0.615. The second-order valence-electron chi connectivity index (χ2n) is 4.54. The average molecular weight is 318 g/mol. The Morgan fingerprint density at radius 2 is 1.94 bits per heavy atom. The third kappa shape index (κ3) is 3.63. The monoisotopic (exact) mass is 317 g/mol. The van der Waals surface area contributed by atoms with Crippen LogP contribution in [0.25, 0.3) is 0 Å². The number of hydrogen-bond donors (Lipinski definition) is 0. The minimum Gasteiger partial charge on any atom is -0.297 e. The van der Waals surface area contributed by atoms with Gasteiger partial charge in [-0.2, -0.15) is 0 Å². The standard InChI is InChI=1S/C13H20BrNOS/c1-5-15(6-2)13(3,4)11(16)9-10-7-8-12(14)17-10/h7-8H,5-6,9H2,1-4H3. The summed E-state index contributed by atoms with van der Waals surface area (Å²) in [5.74, 6) is 0.288. The van der Waals surface area contributed by atoms with Crippen molar-refractivity contribution in [2.75, 3.05) is 13.1 Å². The lowest BCUT2D eigenvalue weighted by Crippen LogP contribution is -2.50. The van der Waals surface area contributed by atoms with E-state index in [-0.39, 0.29) is 11.3 Å². The first-order valence-electron chi connectivity index (χ1n) is 5.94. The molecule has 0 fully saturated rings.